The summed E-state index contributed by atoms with van der Waals surface area (Å²) in [4.78, 5) is 38.7. The molecule has 1 aliphatic heterocycles. The lowest BCUT2D eigenvalue weighted by molar-refractivity contribution is -0.155. The fraction of sp³-hybridized carbons (Fsp3) is 0.444. The molecular formula is C27H30N2O6. The number of aliphatic carboxylic acids is 1. The van der Waals surface area contributed by atoms with E-state index in [1.807, 2.05) is 24.3 Å². The minimum atomic E-state index is -1.05. The fourth-order valence-corrected chi connectivity index (χ4v) is 5.80. The van der Waals surface area contributed by atoms with Crippen molar-refractivity contribution in [3.8, 4) is 11.1 Å². The molecule has 184 valence electrons. The molecule has 1 unspecified atom stereocenters. The number of benzene rings is 2. The van der Waals surface area contributed by atoms with Gasteiger partial charge in [0.1, 0.15) is 12.1 Å². The van der Waals surface area contributed by atoms with Crippen LogP contribution in [0.2, 0.25) is 0 Å². The van der Waals surface area contributed by atoms with E-state index in [4.69, 9.17) is 9.47 Å². The van der Waals surface area contributed by atoms with E-state index in [1.54, 1.807) is 0 Å². The Morgan fingerprint density at radius 2 is 1.77 bits per heavy atom. The number of amides is 2. The third-order valence-electron chi connectivity index (χ3n) is 7.71. The molecule has 1 saturated heterocycles. The van der Waals surface area contributed by atoms with E-state index in [-0.39, 0.29) is 37.3 Å². The number of nitrogens with zero attached hydrogens (tertiary/aromatic N) is 1. The van der Waals surface area contributed by atoms with Gasteiger partial charge in [-0.05, 0) is 47.4 Å². The van der Waals surface area contributed by atoms with Crippen LogP contribution in [0, 0.1) is 5.92 Å². The molecule has 0 spiro atoms. The number of alkyl carbamates (subject to hydrolysis) is 1. The van der Waals surface area contributed by atoms with E-state index in [2.05, 4.69) is 29.6 Å². The third kappa shape index (κ3) is 4.16. The Labute approximate surface area is 204 Å². The molecule has 2 aliphatic carbocycles. The highest BCUT2D eigenvalue weighted by Crippen LogP contribution is 2.54. The second-order valence-corrected chi connectivity index (χ2v) is 9.59. The van der Waals surface area contributed by atoms with Crippen molar-refractivity contribution in [2.45, 2.75) is 43.2 Å². The van der Waals surface area contributed by atoms with Crippen molar-refractivity contribution in [3.63, 3.8) is 0 Å². The Balaban J connectivity index is 1.15. The molecule has 2 aromatic carbocycles. The quantitative estimate of drug-likeness (QED) is 0.603. The van der Waals surface area contributed by atoms with Gasteiger partial charge in [-0.25, -0.2) is 9.59 Å². The first-order valence-electron chi connectivity index (χ1n) is 12.1. The third-order valence-corrected chi connectivity index (χ3v) is 7.71. The molecule has 2 amide bonds. The summed E-state index contributed by atoms with van der Waals surface area (Å²) in [5.74, 6) is -1.18. The van der Waals surface area contributed by atoms with Crippen LogP contribution in [0.3, 0.4) is 0 Å². The number of fused-ring (bicyclic) bond motifs is 4. The number of piperidine rings is 1. The molecule has 0 aromatic heterocycles. The van der Waals surface area contributed by atoms with Gasteiger partial charge in [-0.15, -0.1) is 0 Å². The highest BCUT2D eigenvalue weighted by molar-refractivity contribution is 5.91. The van der Waals surface area contributed by atoms with Gasteiger partial charge in [0.05, 0.1) is 12.5 Å². The van der Waals surface area contributed by atoms with Gasteiger partial charge < -0.3 is 24.8 Å². The van der Waals surface area contributed by atoms with Gasteiger partial charge in [0.25, 0.3) is 0 Å². The molecule has 1 saturated carbocycles. The second kappa shape index (κ2) is 9.34. The maximum Gasteiger partial charge on any atom is 0.407 e. The number of hydrogen-bond donors (Lipinski definition) is 2. The topological polar surface area (TPSA) is 105 Å². The lowest BCUT2D eigenvalue weighted by Gasteiger charge is -2.34. The van der Waals surface area contributed by atoms with Crippen LogP contribution in [-0.4, -0.2) is 66.4 Å². The summed E-state index contributed by atoms with van der Waals surface area (Å²) in [6, 6.07) is 16.2. The summed E-state index contributed by atoms with van der Waals surface area (Å²) in [6.45, 7) is 0.737. The number of carbonyl (C=O) groups excluding carboxylic acids is 2. The summed E-state index contributed by atoms with van der Waals surface area (Å²) in [6.07, 6.45) is 1.01. The van der Waals surface area contributed by atoms with Crippen LogP contribution in [0.4, 0.5) is 4.79 Å². The second-order valence-electron chi connectivity index (χ2n) is 9.59. The number of hydrogen-bond acceptors (Lipinski definition) is 5. The molecule has 5 rings (SSSR count). The van der Waals surface area contributed by atoms with Gasteiger partial charge in [0, 0.05) is 26.1 Å². The zero-order valence-electron chi connectivity index (χ0n) is 19.7. The fourth-order valence-electron chi connectivity index (χ4n) is 5.80. The minimum Gasteiger partial charge on any atom is -0.479 e. The number of carboxylic acids is 1. The van der Waals surface area contributed by atoms with Crippen LogP contribution in [0.15, 0.2) is 48.5 Å². The molecule has 2 aromatic rings. The van der Waals surface area contributed by atoms with E-state index in [0.717, 1.165) is 35.1 Å². The molecule has 1 heterocycles. The Bertz CT molecular complexity index is 1100. The number of nitrogens with one attached hydrogen (secondary N) is 1. The van der Waals surface area contributed by atoms with Gasteiger partial charge >= 0.3 is 12.1 Å². The van der Waals surface area contributed by atoms with Gasteiger partial charge in [-0.1, -0.05) is 48.5 Å². The number of methoxy groups -OCH3 is 1. The Morgan fingerprint density at radius 1 is 1.11 bits per heavy atom. The molecule has 8 heteroatoms. The Kier molecular flexibility index (Phi) is 6.23. The number of likely N-dealkylation sites (tertiary alicyclic amines) is 1. The maximum atomic E-state index is 12.9. The van der Waals surface area contributed by atoms with Gasteiger partial charge in [0.15, 0.2) is 0 Å². The first-order chi connectivity index (χ1) is 17.0. The van der Waals surface area contributed by atoms with Gasteiger partial charge in [-0.3, -0.25) is 4.79 Å². The first-order valence-corrected chi connectivity index (χ1v) is 12.1. The molecular weight excluding hydrogens is 448 g/mol. The predicted octanol–water partition coefficient (Wildman–Crippen LogP) is 3.40. The molecule has 0 radical (unpaired) electrons. The molecule has 2 N–H and O–H groups in total. The van der Waals surface area contributed by atoms with Crippen LogP contribution < -0.4 is 5.32 Å². The highest BCUT2D eigenvalue weighted by Gasteiger charge is 2.66. The smallest absolute Gasteiger partial charge is 0.407 e. The van der Waals surface area contributed by atoms with Crippen LogP contribution in [0.1, 0.15) is 42.7 Å². The predicted molar refractivity (Wildman–Crippen MR) is 128 cm³/mol. The van der Waals surface area contributed by atoms with Crippen molar-refractivity contribution in [1.82, 2.24) is 10.2 Å². The molecule has 0 bridgehead atoms. The normalized spacial score (nSPS) is 23.0. The first kappa shape index (κ1) is 23.4. The van der Waals surface area contributed by atoms with E-state index in [1.165, 1.54) is 12.0 Å². The lowest BCUT2D eigenvalue weighted by atomic mass is 9.98. The van der Waals surface area contributed by atoms with Gasteiger partial charge in [0.2, 0.25) is 5.91 Å². The van der Waals surface area contributed by atoms with Crippen LogP contribution in [0.25, 0.3) is 11.1 Å². The zero-order valence-corrected chi connectivity index (χ0v) is 19.7. The number of carboxylic acid groups (broad SMARTS) is 1. The van der Waals surface area contributed by atoms with E-state index < -0.39 is 23.7 Å². The average Bonchev–Trinajstić information content (AvgIpc) is 3.56. The number of carbonyl (C=O) groups is 3. The minimum absolute atomic E-state index is 0.00189. The molecule has 3 aliphatic rings. The monoisotopic (exact) mass is 478 g/mol. The standard InChI is InChI=1S/C27H30N2O6/c1-34-18(13-24(30)29-12-6-7-17-14-27(17,29)25(31)32)15-28-26(33)35-16-23-21-10-4-2-8-19(21)20-9-3-5-11-22(20)23/h2-5,8-11,17-18,23H,6-7,12-16H2,1H3,(H,28,33)(H,31,32)/t17-,18?,27+/m1/s1. The molecule has 8 nitrogen and oxygen atoms in total. The zero-order chi connectivity index (χ0) is 24.6. The summed E-state index contributed by atoms with van der Waals surface area (Å²) in [5.41, 5.74) is 3.53. The van der Waals surface area contributed by atoms with Crippen molar-refractivity contribution in [2.75, 3.05) is 26.8 Å². The largest absolute Gasteiger partial charge is 0.479 e. The molecule has 35 heavy (non-hydrogen) atoms. The summed E-state index contributed by atoms with van der Waals surface area (Å²) in [7, 11) is 1.47. The van der Waals surface area contributed by atoms with Crippen LogP contribution in [-0.2, 0) is 19.1 Å². The Morgan fingerprint density at radius 3 is 2.40 bits per heavy atom. The lowest BCUT2D eigenvalue weighted by Crippen LogP contribution is -2.52. The maximum absolute atomic E-state index is 12.9. The highest BCUT2D eigenvalue weighted by atomic mass is 16.5. The van der Waals surface area contributed by atoms with Crippen molar-refractivity contribution in [1.29, 1.82) is 0 Å². The van der Waals surface area contributed by atoms with E-state index in [0.29, 0.717) is 13.0 Å². The summed E-state index contributed by atoms with van der Waals surface area (Å²) >= 11 is 0. The van der Waals surface area contributed by atoms with Crippen LogP contribution in [0.5, 0.6) is 0 Å². The molecule has 2 fully saturated rings. The summed E-state index contributed by atoms with van der Waals surface area (Å²) < 4.78 is 11.0. The van der Waals surface area contributed by atoms with Crippen molar-refractivity contribution < 1.29 is 29.0 Å². The van der Waals surface area contributed by atoms with Crippen molar-refractivity contribution in [2.24, 2.45) is 5.92 Å². The number of rotatable bonds is 8. The van der Waals surface area contributed by atoms with E-state index >= 15 is 0 Å². The number of ether oxygens (including phenoxy) is 2. The van der Waals surface area contributed by atoms with Gasteiger partial charge in [-0.2, -0.15) is 0 Å². The van der Waals surface area contributed by atoms with Crippen LogP contribution >= 0.6 is 0 Å². The van der Waals surface area contributed by atoms with E-state index in [9.17, 15) is 19.5 Å². The Hall–Kier alpha value is -3.39. The van der Waals surface area contributed by atoms with Crippen molar-refractivity contribution >= 4 is 18.0 Å². The molecule has 3 atom stereocenters. The van der Waals surface area contributed by atoms with Crippen molar-refractivity contribution in [3.05, 3.63) is 59.7 Å². The SMILES string of the molecule is COC(CNC(=O)OCC1c2ccccc2-c2ccccc21)CC(=O)N1CCC[C@@H]2C[C@@]21C(=O)O. The summed E-state index contributed by atoms with van der Waals surface area (Å²) in [5, 5.41) is 12.4. The average molecular weight is 479 g/mol.